The Bertz CT molecular complexity index is 311. The van der Waals surface area contributed by atoms with Crippen LogP contribution in [0.2, 0.25) is 0 Å². The number of hydrogen-bond donors (Lipinski definition) is 2. The summed E-state index contributed by atoms with van der Waals surface area (Å²) in [5, 5.41) is 3.00. The van der Waals surface area contributed by atoms with Crippen LogP contribution in [0.15, 0.2) is 30.3 Å². The van der Waals surface area contributed by atoms with Gasteiger partial charge in [-0.1, -0.05) is 51.1 Å². The number of nitrogens with one attached hydrogen (secondary N) is 1. The van der Waals surface area contributed by atoms with Crippen LogP contribution in [0.5, 0.6) is 0 Å². The Morgan fingerprint density at radius 2 is 1.82 bits per heavy atom. The molecular formula is C14H24N2O. The molecule has 17 heavy (non-hydrogen) atoms. The van der Waals surface area contributed by atoms with Gasteiger partial charge in [-0.2, -0.15) is 0 Å². The molecule has 96 valence electrons. The lowest BCUT2D eigenvalue weighted by Gasteiger charge is -2.21. The second-order valence-electron chi connectivity index (χ2n) is 3.77. The van der Waals surface area contributed by atoms with E-state index in [1.54, 1.807) is 0 Å². The molecule has 0 aromatic heterocycles. The lowest BCUT2D eigenvalue weighted by atomic mass is 9.87. The van der Waals surface area contributed by atoms with Gasteiger partial charge in [-0.05, 0) is 18.5 Å². The highest BCUT2D eigenvalue weighted by atomic mass is 16.1. The van der Waals surface area contributed by atoms with Crippen LogP contribution in [-0.2, 0) is 4.79 Å². The molecule has 2 unspecified atom stereocenters. The third kappa shape index (κ3) is 5.00. The van der Waals surface area contributed by atoms with E-state index in [0.717, 1.165) is 5.56 Å². The zero-order valence-corrected chi connectivity index (χ0v) is 11.2. The van der Waals surface area contributed by atoms with Crippen LogP contribution in [0.3, 0.4) is 0 Å². The number of nitrogens with two attached hydrogens (primary N) is 1. The number of hydrogen-bond acceptors (Lipinski definition) is 2. The Balaban J connectivity index is 0.00000121. The van der Waals surface area contributed by atoms with Crippen molar-refractivity contribution in [3.63, 3.8) is 0 Å². The van der Waals surface area contributed by atoms with Crippen molar-refractivity contribution in [2.45, 2.75) is 26.7 Å². The molecule has 1 aromatic rings. The molecule has 1 aromatic carbocycles. The molecule has 1 amide bonds. The van der Waals surface area contributed by atoms with Crippen LogP contribution in [0.4, 0.5) is 0 Å². The molecule has 1 rings (SSSR count). The average Bonchev–Trinajstić information content (AvgIpc) is 2.38. The normalized spacial score (nSPS) is 13.2. The van der Waals surface area contributed by atoms with Crippen LogP contribution < -0.4 is 11.1 Å². The third-order valence-electron chi connectivity index (χ3n) is 2.72. The van der Waals surface area contributed by atoms with Gasteiger partial charge in [0, 0.05) is 6.54 Å². The van der Waals surface area contributed by atoms with Crippen molar-refractivity contribution in [2.75, 3.05) is 13.6 Å². The lowest BCUT2D eigenvalue weighted by molar-refractivity contribution is -0.122. The van der Waals surface area contributed by atoms with Crippen LogP contribution in [0.1, 0.15) is 32.3 Å². The van der Waals surface area contributed by atoms with E-state index in [-0.39, 0.29) is 17.7 Å². The zero-order valence-electron chi connectivity index (χ0n) is 11.2. The van der Waals surface area contributed by atoms with E-state index in [1.807, 2.05) is 58.2 Å². The molecule has 3 N–H and O–H groups in total. The summed E-state index contributed by atoms with van der Waals surface area (Å²) in [5.74, 6) is -0.255. The topological polar surface area (TPSA) is 55.1 Å². The summed E-state index contributed by atoms with van der Waals surface area (Å²) in [7, 11) is 1.83. The molecule has 0 aliphatic rings. The van der Waals surface area contributed by atoms with Gasteiger partial charge in [0.1, 0.15) is 0 Å². The number of primary amides is 1. The Morgan fingerprint density at radius 3 is 2.24 bits per heavy atom. The Morgan fingerprint density at radius 1 is 1.29 bits per heavy atom. The van der Waals surface area contributed by atoms with E-state index < -0.39 is 0 Å². The fraction of sp³-hybridized carbons (Fsp3) is 0.500. The van der Waals surface area contributed by atoms with E-state index in [0.29, 0.717) is 6.54 Å². The molecule has 3 heteroatoms. The van der Waals surface area contributed by atoms with E-state index >= 15 is 0 Å². The minimum absolute atomic E-state index is 0.149. The summed E-state index contributed by atoms with van der Waals surface area (Å²) in [6.07, 6.45) is 0. The molecule has 0 aliphatic carbocycles. The molecule has 0 heterocycles. The summed E-state index contributed by atoms with van der Waals surface area (Å²) < 4.78 is 0. The highest BCUT2D eigenvalue weighted by molar-refractivity contribution is 5.78. The van der Waals surface area contributed by atoms with E-state index in [2.05, 4.69) is 5.32 Å². The molecular weight excluding hydrogens is 212 g/mol. The van der Waals surface area contributed by atoms with Crippen molar-refractivity contribution >= 4 is 5.91 Å². The highest BCUT2D eigenvalue weighted by Gasteiger charge is 2.23. The number of amides is 1. The Labute approximate surface area is 104 Å². The van der Waals surface area contributed by atoms with Gasteiger partial charge in [-0.15, -0.1) is 0 Å². The van der Waals surface area contributed by atoms with E-state index in [4.69, 9.17) is 5.73 Å². The standard InChI is InChI=1S/C12H18N2O.C2H6/c1-9(10-6-4-3-5-7-10)11(8-14-2)12(13)15;1-2/h3-7,9,11,14H,8H2,1-2H3,(H2,13,15);1-2H3. The third-order valence-corrected chi connectivity index (χ3v) is 2.72. The smallest absolute Gasteiger partial charge is 0.222 e. The molecule has 0 radical (unpaired) electrons. The zero-order chi connectivity index (χ0) is 13.3. The van der Waals surface area contributed by atoms with Gasteiger partial charge in [0.15, 0.2) is 0 Å². The monoisotopic (exact) mass is 236 g/mol. The van der Waals surface area contributed by atoms with Crippen molar-refractivity contribution in [3.05, 3.63) is 35.9 Å². The fourth-order valence-electron chi connectivity index (χ4n) is 1.73. The first-order valence-corrected chi connectivity index (χ1v) is 6.15. The van der Waals surface area contributed by atoms with E-state index in [9.17, 15) is 4.79 Å². The first-order chi connectivity index (χ1) is 8.16. The lowest BCUT2D eigenvalue weighted by Crippen LogP contribution is -2.35. The van der Waals surface area contributed by atoms with E-state index in [1.165, 1.54) is 0 Å². The maximum absolute atomic E-state index is 11.3. The number of rotatable bonds is 5. The van der Waals surface area contributed by atoms with Gasteiger partial charge in [0.05, 0.1) is 5.92 Å². The highest BCUT2D eigenvalue weighted by Crippen LogP contribution is 2.23. The molecule has 0 spiro atoms. The summed E-state index contributed by atoms with van der Waals surface area (Å²) in [6.45, 7) is 6.65. The molecule has 0 bridgehead atoms. The number of benzene rings is 1. The van der Waals surface area contributed by atoms with Gasteiger partial charge in [0.25, 0.3) is 0 Å². The van der Waals surface area contributed by atoms with Crippen molar-refractivity contribution in [1.29, 1.82) is 0 Å². The van der Waals surface area contributed by atoms with Crippen molar-refractivity contribution < 1.29 is 4.79 Å². The van der Waals surface area contributed by atoms with Gasteiger partial charge in [-0.25, -0.2) is 0 Å². The second kappa shape index (κ2) is 8.76. The molecule has 3 nitrogen and oxygen atoms in total. The molecule has 0 fully saturated rings. The quantitative estimate of drug-likeness (QED) is 0.823. The Kier molecular flexibility index (Phi) is 8.07. The number of carbonyl (C=O) groups excluding carboxylic acids is 1. The van der Waals surface area contributed by atoms with Crippen molar-refractivity contribution in [1.82, 2.24) is 5.32 Å². The molecule has 0 saturated heterocycles. The van der Waals surface area contributed by atoms with Crippen LogP contribution in [0.25, 0.3) is 0 Å². The summed E-state index contributed by atoms with van der Waals surface area (Å²) in [6, 6.07) is 9.96. The summed E-state index contributed by atoms with van der Waals surface area (Å²) in [4.78, 5) is 11.3. The van der Waals surface area contributed by atoms with Crippen molar-refractivity contribution in [3.8, 4) is 0 Å². The SMILES string of the molecule is CC.CNCC(C(N)=O)C(C)c1ccccc1. The fourth-order valence-corrected chi connectivity index (χ4v) is 1.73. The van der Waals surface area contributed by atoms with Crippen LogP contribution >= 0.6 is 0 Å². The summed E-state index contributed by atoms with van der Waals surface area (Å²) >= 11 is 0. The minimum atomic E-state index is -0.249. The minimum Gasteiger partial charge on any atom is -0.369 e. The first-order valence-electron chi connectivity index (χ1n) is 6.15. The average molecular weight is 236 g/mol. The van der Waals surface area contributed by atoms with Gasteiger partial charge in [0.2, 0.25) is 5.91 Å². The maximum atomic E-state index is 11.3. The first kappa shape index (κ1) is 15.7. The second-order valence-corrected chi connectivity index (χ2v) is 3.77. The summed E-state index contributed by atoms with van der Waals surface area (Å²) in [5.41, 5.74) is 6.53. The van der Waals surface area contributed by atoms with Crippen molar-refractivity contribution in [2.24, 2.45) is 11.7 Å². The predicted octanol–water partition coefficient (Wildman–Crippen LogP) is 2.14. The van der Waals surface area contributed by atoms with Gasteiger partial charge in [-0.3, -0.25) is 4.79 Å². The predicted molar refractivity (Wildman–Crippen MR) is 72.8 cm³/mol. The van der Waals surface area contributed by atoms with Gasteiger partial charge >= 0.3 is 0 Å². The largest absolute Gasteiger partial charge is 0.369 e. The maximum Gasteiger partial charge on any atom is 0.222 e. The van der Waals surface area contributed by atoms with Crippen LogP contribution in [-0.4, -0.2) is 19.5 Å². The van der Waals surface area contributed by atoms with Crippen LogP contribution in [0, 0.1) is 5.92 Å². The molecule has 0 saturated carbocycles. The van der Waals surface area contributed by atoms with Gasteiger partial charge < -0.3 is 11.1 Å². The Hall–Kier alpha value is -1.35. The number of carbonyl (C=O) groups is 1. The molecule has 0 aliphatic heterocycles. The molecule has 2 atom stereocenters.